The highest BCUT2D eigenvalue weighted by atomic mass is 32.2. The Kier molecular flexibility index (Phi) is 15.1. The van der Waals surface area contributed by atoms with E-state index in [0.717, 1.165) is 44.9 Å². The number of amides is 3. The molecule has 0 saturated heterocycles. The molecule has 0 aromatic heterocycles. The van der Waals surface area contributed by atoms with Crippen LogP contribution in [-0.2, 0) is 24.4 Å². The van der Waals surface area contributed by atoms with E-state index >= 15 is 0 Å². The highest BCUT2D eigenvalue weighted by molar-refractivity contribution is 7.89. The molecule has 0 bridgehead atoms. The van der Waals surface area contributed by atoms with Gasteiger partial charge in [-0.25, -0.2) is 27.3 Å². The van der Waals surface area contributed by atoms with Crippen molar-refractivity contribution < 1.29 is 36.7 Å². The molecule has 0 spiro atoms. The zero-order chi connectivity index (χ0) is 34.0. The minimum atomic E-state index is -4.06. The molecule has 3 aliphatic rings. The van der Waals surface area contributed by atoms with Crippen LogP contribution in [-0.4, -0.2) is 97.6 Å². The molecule has 0 heterocycles. The summed E-state index contributed by atoms with van der Waals surface area (Å²) >= 11 is 0. The molecule has 0 aliphatic heterocycles. The summed E-state index contributed by atoms with van der Waals surface area (Å²) in [5.41, 5.74) is 2.82. The predicted octanol–water partition coefficient (Wildman–Crippen LogP) is 2.96. The van der Waals surface area contributed by atoms with E-state index in [1.165, 1.54) is 5.01 Å². The van der Waals surface area contributed by atoms with Gasteiger partial charge in [0.05, 0.1) is 17.4 Å². The van der Waals surface area contributed by atoms with Gasteiger partial charge in [-0.3, -0.25) is 19.8 Å². The van der Waals surface area contributed by atoms with Gasteiger partial charge in [-0.15, -0.1) is 0 Å². The number of carbonyl (C=O) groups excluding carboxylic acids is 3. The zero-order valence-electron chi connectivity index (χ0n) is 27.8. The molecule has 7 atom stereocenters. The number of nitrogens with one attached hydrogen (secondary N) is 2. The van der Waals surface area contributed by atoms with E-state index in [9.17, 15) is 36.7 Å². The normalized spacial score (nSPS) is 29.1. The number of carbonyl (C=O) groups is 3. The van der Waals surface area contributed by atoms with Crippen LogP contribution in [0.25, 0.3) is 0 Å². The maximum absolute atomic E-state index is 14.3. The van der Waals surface area contributed by atoms with Gasteiger partial charge in [-0.1, -0.05) is 33.1 Å². The number of nitrogens with zero attached hydrogens (tertiary/aromatic N) is 2. The van der Waals surface area contributed by atoms with E-state index in [0.29, 0.717) is 13.1 Å². The minimum Gasteiger partial charge on any atom is -0.390 e. The number of hydrogen-bond donors (Lipinski definition) is 4. The molecule has 0 aromatic carbocycles. The van der Waals surface area contributed by atoms with Gasteiger partial charge in [-0.2, -0.15) is 0 Å². The first-order valence-electron chi connectivity index (χ1n) is 17.3. The minimum absolute atomic E-state index is 0.0285. The molecule has 46 heavy (non-hydrogen) atoms. The first-order chi connectivity index (χ1) is 21.7. The first kappa shape index (κ1) is 38.5. The number of halogens is 2. The fourth-order valence-corrected chi connectivity index (χ4v) is 8.63. The molecule has 7 unspecified atom stereocenters. The Hall–Kier alpha value is -1.90. The van der Waals surface area contributed by atoms with Crippen molar-refractivity contribution in [1.82, 2.24) is 20.7 Å². The Balaban J connectivity index is 1.76. The van der Waals surface area contributed by atoms with Gasteiger partial charge >= 0.3 is 0 Å². The number of aliphatic hydroxyl groups is 1. The molecule has 3 fully saturated rings. The van der Waals surface area contributed by atoms with Gasteiger partial charge in [0.25, 0.3) is 0 Å². The lowest BCUT2D eigenvalue weighted by atomic mass is 9.79. The lowest BCUT2D eigenvalue weighted by molar-refractivity contribution is -0.139. The van der Waals surface area contributed by atoms with E-state index in [1.54, 1.807) is 11.9 Å². The van der Waals surface area contributed by atoms with Gasteiger partial charge in [0.15, 0.2) is 0 Å². The molecule has 5 N–H and O–H groups in total. The molecule has 3 saturated carbocycles. The molecule has 266 valence electrons. The van der Waals surface area contributed by atoms with Crippen molar-refractivity contribution in [3.8, 4) is 0 Å². The number of alkyl halides is 2. The van der Waals surface area contributed by atoms with Gasteiger partial charge in [-0.05, 0) is 70.1 Å². The SMILES string of the molecule is CCCN(CCC)C(=O)C1CC(C(=O)NC(CC2CC(F)CC(F)C2)C(O)CN(C)NC(=O)C2CCCCC2)CC(S(N)(=O)=O)C1. The van der Waals surface area contributed by atoms with E-state index in [4.69, 9.17) is 5.14 Å². The average Bonchev–Trinajstić information content (AvgIpc) is 2.99. The third kappa shape index (κ3) is 11.7. The van der Waals surface area contributed by atoms with Crippen LogP contribution in [0.15, 0.2) is 0 Å². The number of rotatable bonds is 15. The van der Waals surface area contributed by atoms with Gasteiger partial charge < -0.3 is 15.3 Å². The summed E-state index contributed by atoms with van der Waals surface area (Å²) in [7, 11) is -2.44. The summed E-state index contributed by atoms with van der Waals surface area (Å²) in [5, 5.41) is 20.1. The summed E-state index contributed by atoms with van der Waals surface area (Å²) in [6.07, 6.45) is 2.51. The maximum Gasteiger partial charge on any atom is 0.237 e. The number of primary sulfonamides is 1. The quantitative estimate of drug-likeness (QED) is 0.194. The third-order valence-corrected chi connectivity index (χ3v) is 11.3. The third-order valence-electron chi connectivity index (χ3n) is 9.95. The molecule has 3 rings (SSSR count). The summed E-state index contributed by atoms with van der Waals surface area (Å²) in [5.74, 6) is -2.99. The van der Waals surface area contributed by atoms with Crippen LogP contribution in [0.3, 0.4) is 0 Å². The molecule has 0 aromatic rings. The Bertz CT molecular complexity index is 1090. The highest BCUT2D eigenvalue weighted by Gasteiger charge is 2.42. The Morgan fingerprint density at radius 2 is 1.46 bits per heavy atom. The molecule has 3 aliphatic carbocycles. The number of likely N-dealkylation sites (N-methyl/N-ethyl adjacent to an activating group) is 1. The van der Waals surface area contributed by atoms with Gasteiger partial charge in [0.1, 0.15) is 12.3 Å². The predicted molar refractivity (Wildman–Crippen MR) is 172 cm³/mol. The van der Waals surface area contributed by atoms with Crippen molar-refractivity contribution in [2.75, 3.05) is 26.7 Å². The maximum atomic E-state index is 14.3. The zero-order valence-corrected chi connectivity index (χ0v) is 28.7. The Morgan fingerprint density at radius 1 is 0.870 bits per heavy atom. The fraction of sp³-hybridized carbons (Fsp3) is 0.906. The smallest absolute Gasteiger partial charge is 0.237 e. The molecule has 14 heteroatoms. The van der Waals surface area contributed by atoms with Gasteiger partial charge in [0.2, 0.25) is 27.7 Å². The number of sulfonamides is 1. The topological polar surface area (TPSA) is 162 Å². The van der Waals surface area contributed by atoms with Crippen molar-refractivity contribution in [3.63, 3.8) is 0 Å². The van der Waals surface area contributed by atoms with Crippen LogP contribution in [0.2, 0.25) is 0 Å². The van der Waals surface area contributed by atoms with Crippen LogP contribution >= 0.6 is 0 Å². The lowest BCUT2D eigenvalue weighted by Gasteiger charge is -2.37. The molecular formula is C32H57F2N5O6S. The van der Waals surface area contributed by atoms with Crippen molar-refractivity contribution in [3.05, 3.63) is 0 Å². The monoisotopic (exact) mass is 677 g/mol. The second-order valence-electron chi connectivity index (χ2n) is 14.0. The second kappa shape index (κ2) is 18.0. The lowest BCUT2D eigenvalue weighted by Crippen LogP contribution is -2.54. The highest BCUT2D eigenvalue weighted by Crippen LogP contribution is 2.35. The van der Waals surface area contributed by atoms with E-state index in [-0.39, 0.29) is 69.2 Å². The first-order valence-corrected chi connectivity index (χ1v) is 18.9. The van der Waals surface area contributed by atoms with Crippen molar-refractivity contribution >= 4 is 27.7 Å². The van der Waals surface area contributed by atoms with Crippen LogP contribution in [0.4, 0.5) is 8.78 Å². The number of aliphatic hydroxyl groups excluding tert-OH is 1. The summed E-state index contributed by atoms with van der Waals surface area (Å²) < 4.78 is 53.6. The molecule has 0 radical (unpaired) electrons. The van der Waals surface area contributed by atoms with E-state index < -0.39 is 63.4 Å². The molecule has 11 nitrogen and oxygen atoms in total. The summed E-state index contributed by atoms with van der Waals surface area (Å²) in [6.45, 7) is 4.89. The van der Waals surface area contributed by atoms with Crippen LogP contribution in [0, 0.1) is 23.7 Å². The van der Waals surface area contributed by atoms with Crippen LogP contribution in [0.1, 0.15) is 104 Å². The van der Waals surface area contributed by atoms with Crippen molar-refractivity contribution in [2.24, 2.45) is 28.8 Å². The van der Waals surface area contributed by atoms with Crippen LogP contribution < -0.4 is 15.9 Å². The second-order valence-corrected chi connectivity index (χ2v) is 15.9. The van der Waals surface area contributed by atoms with Gasteiger partial charge in [0, 0.05) is 50.9 Å². The number of nitrogens with two attached hydrogens (primary N) is 1. The van der Waals surface area contributed by atoms with Crippen LogP contribution in [0.5, 0.6) is 0 Å². The molecular weight excluding hydrogens is 620 g/mol. The van der Waals surface area contributed by atoms with E-state index in [1.807, 2.05) is 13.8 Å². The summed E-state index contributed by atoms with van der Waals surface area (Å²) in [4.78, 5) is 41.8. The number of hydrazine groups is 1. The van der Waals surface area contributed by atoms with E-state index in [2.05, 4.69) is 10.7 Å². The number of hydrogen-bond acceptors (Lipinski definition) is 7. The standard InChI is InChI=1S/C32H57F2N5O6S/c1-4-11-39(12-5-2)32(43)24-16-23(17-27(18-24)46(35,44)45)30(41)36-28(15-21-13-25(33)19-26(34)14-21)29(40)20-38(3)37-31(42)22-9-7-6-8-10-22/h21-29,40H,4-20H2,1-3H3,(H,36,41)(H,37,42)(H2,35,44,45). The summed E-state index contributed by atoms with van der Waals surface area (Å²) in [6, 6.07) is -0.926. The fourth-order valence-electron chi connectivity index (χ4n) is 7.63. The Labute approximate surface area is 273 Å². The van der Waals surface area contributed by atoms with Crippen molar-refractivity contribution in [2.45, 2.75) is 133 Å². The Morgan fingerprint density at radius 3 is 2.02 bits per heavy atom. The van der Waals surface area contributed by atoms with Crippen molar-refractivity contribution in [1.29, 1.82) is 0 Å². The largest absolute Gasteiger partial charge is 0.390 e. The molecule has 3 amide bonds. The average molecular weight is 678 g/mol.